The first-order valence-electron chi connectivity index (χ1n) is 5.58. The summed E-state index contributed by atoms with van der Waals surface area (Å²) in [7, 11) is 0. The summed E-state index contributed by atoms with van der Waals surface area (Å²) < 4.78 is 0. The summed E-state index contributed by atoms with van der Waals surface area (Å²) in [4.78, 5) is 22.9. The van der Waals surface area contributed by atoms with Crippen molar-refractivity contribution in [2.45, 2.75) is 13.3 Å². The standard InChI is InChI=1S/C14H13NO2S/c1-10-3-2-4-11(7-10)8-13(17)15-14-6-5-12(9-16)18-14/h2-7,9H,8H2,1H3,(H,15,17). The van der Waals surface area contributed by atoms with Gasteiger partial charge in [-0.2, -0.15) is 0 Å². The topological polar surface area (TPSA) is 46.2 Å². The zero-order valence-corrected chi connectivity index (χ0v) is 10.8. The Bertz CT molecular complexity index is 575. The van der Waals surface area contributed by atoms with Gasteiger partial charge in [0.25, 0.3) is 0 Å². The van der Waals surface area contributed by atoms with Gasteiger partial charge in [-0.15, -0.1) is 11.3 Å². The molecule has 92 valence electrons. The molecule has 0 fully saturated rings. The molecule has 0 atom stereocenters. The van der Waals surface area contributed by atoms with Crippen molar-refractivity contribution in [3.8, 4) is 0 Å². The molecule has 1 amide bonds. The number of carbonyl (C=O) groups excluding carboxylic acids is 2. The van der Waals surface area contributed by atoms with E-state index in [1.54, 1.807) is 12.1 Å². The predicted octanol–water partition coefficient (Wildman–Crippen LogP) is 3.05. The van der Waals surface area contributed by atoms with E-state index in [4.69, 9.17) is 0 Å². The minimum absolute atomic E-state index is 0.0695. The Morgan fingerprint density at radius 2 is 2.17 bits per heavy atom. The van der Waals surface area contributed by atoms with Gasteiger partial charge in [-0.25, -0.2) is 0 Å². The van der Waals surface area contributed by atoms with Crippen LogP contribution < -0.4 is 5.32 Å². The second kappa shape index (κ2) is 5.60. The van der Waals surface area contributed by atoms with Crippen molar-refractivity contribution in [1.29, 1.82) is 0 Å². The van der Waals surface area contributed by atoms with Crippen molar-refractivity contribution in [2.24, 2.45) is 0 Å². The van der Waals surface area contributed by atoms with Crippen molar-refractivity contribution < 1.29 is 9.59 Å². The fourth-order valence-corrected chi connectivity index (χ4v) is 2.41. The van der Waals surface area contributed by atoms with E-state index in [0.717, 1.165) is 17.4 Å². The van der Waals surface area contributed by atoms with Crippen LogP contribution in [-0.2, 0) is 11.2 Å². The fraction of sp³-hybridized carbons (Fsp3) is 0.143. The molecule has 18 heavy (non-hydrogen) atoms. The van der Waals surface area contributed by atoms with Gasteiger partial charge in [-0.3, -0.25) is 9.59 Å². The van der Waals surface area contributed by atoms with Crippen LogP contribution in [-0.4, -0.2) is 12.2 Å². The second-order valence-corrected chi connectivity index (χ2v) is 5.15. The van der Waals surface area contributed by atoms with Gasteiger partial charge in [0.05, 0.1) is 16.3 Å². The molecule has 0 bridgehead atoms. The first kappa shape index (κ1) is 12.5. The molecule has 0 aliphatic carbocycles. The van der Waals surface area contributed by atoms with E-state index < -0.39 is 0 Å². The molecule has 2 rings (SSSR count). The molecule has 0 saturated heterocycles. The van der Waals surface area contributed by atoms with Crippen molar-refractivity contribution >= 4 is 28.5 Å². The maximum absolute atomic E-state index is 11.8. The highest BCUT2D eigenvalue weighted by Crippen LogP contribution is 2.20. The van der Waals surface area contributed by atoms with Crippen LogP contribution in [0.2, 0.25) is 0 Å². The van der Waals surface area contributed by atoms with E-state index in [9.17, 15) is 9.59 Å². The van der Waals surface area contributed by atoms with Crippen LogP contribution in [0, 0.1) is 6.92 Å². The second-order valence-electron chi connectivity index (χ2n) is 4.03. The van der Waals surface area contributed by atoms with Crippen LogP contribution >= 0.6 is 11.3 Å². The Morgan fingerprint density at radius 1 is 1.33 bits per heavy atom. The van der Waals surface area contributed by atoms with Gasteiger partial charge in [0.15, 0.2) is 6.29 Å². The SMILES string of the molecule is Cc1cccc(CC(=O)Nc2ccc(C=O)s2)c1. The van der Waals surface area contributed by atoms with Crippen LogP contribution in [0.25, 0.3) is 0 Å². The highest BCUT2D eigenvalue weighted by Gasteiger charge is 2.06. The number of amides is 1. The molecular weight excluding hydrogens is 246 g/mol. The number of aryl methyl sites for hydroxylation is 1. The monoisotopic (exact) mass is 259 g/mol. The molecular formula is C14H13NO2S. The molecule has 0 aliphatic rings. The van der Waals surface area contributed by atoms with Gasteiger partial charge in [0, 0.05) is 0 Å². The third-order valence-electron chi connectivity index (χ3n) is 2.45. The predicted molar refractivity (Wildman–Crippen MR) is 73.2 cm³/mol. The highest BCUT2D eigenvalue weighted by atomic mass is 32.1. The van der Waals surface area contributed by atoms with Crippen molar-refractivity contribution in [3.05, 3.63) is 52.4 Å². The zero-order chi connectivity index (χ0) is 13.0. The van der Waals surface area contributed by atoms with E-state index >= 15 is 0 Å². The van der Waals surface area contributed by atoms with E-state index in [0.29, 0.717) is 16.3 Å². The first-order chi connectivity index (χ1) is 8.67. The molecule has 2 aromatic rings. The zero-order valence-electron chi connectivity index (χ0n) is 9.97. The van der Waals surface area contributed by atoms with Crippen LogP contribution in [0.3, 0.4) is 0 Å². The first-order valence-corrected chi connectivity index (χ1v) is 6.39. The van der Waals surface area contributed by atoms with E-state index in [-0.39, 0.29) is 5.91 Å². The number of carbonyl (C=O) groups is 2. The maximum atomic E-state index is 11.8. The summed E-state index contributed by atoms with van der Waals surface area (Å²) >= 11 is 1.27. The normalized spacial score (nSPS) is 10.1. The number of aldehydes is 1. The molecule has 4 heteroatoms. The third-order valence-corrected chi connectivity index (χ3v) is 3.38. The maximum Gasteiger partial charge on any atom is 0.229 e. The molecule has 0 saturated carbocycles. The average Bonchev–Trinajstić information content (AvgIpc) is 2.76. The summed E-state index contributed by atoms with van der Waals surface area (Å²) in [6.45, 7) is 2.00. The van der Waals surface area contributed by atoms with Crippen molar-refractivity contribution in [3.63, 3.8) is 0 Å². The number of nitrogens with one attached hydrogen (secondary N) is 1. The van der Waals surface area contributed by atoms with Gasteiger partial charge < -0.3 is 5.32 Å². The number of benzene rings is 1. The van der Waals surface area contributed by atoms with Crippen LogP contribution in [0.4, 0.5) is 5.00 Å². The van der Waals surface area contributed by atoms with Gasteiger partial charge in [0.1, 0.15) is 0 Å². The molecule has 1 N–H and O–H groups in total. The molecule has 1 heterocycles. The van der Waals surface area contributed by atoms with Crippen LogP contribution in [0.5, 0.6) is 0 Å². The Balaban J connectivity index is 1.98. The summed E-state index contributed by atoms with van der Waals surface area (Å²) in [5.41, 5.74) is 2.12. The summed E-state index contributed by atoms with van der Waals surface area (Å²) in [6, 6.07) is 11.3. The van der Waals surface area contributed by atoms with Gasteiger partial charge in [-0.05, 0) is 24.6 Å². The van der Waals surface area contributed by atoms with E-state index in [1.807, 2.05) is 31.2 Å². The van der Waals surface area contributed by atoms with Gasteiger partial charge >= 0.3 is 0 Å². The number of anilines is 1. The Morgan fingerprint density at radius 3 is 2.83 bits per heavy atom. The molecule has 1 aromatic heterocycles. The third kappa shape index (κ3) is 3.28. The number of thiophene rings is 1. The lowest BCUT2D eigenvalue weighted by Gasteiger charge is -2.03. The van der Waals surface area contributed by atoms with Gasteiger partial charge in [0.2, 0.25) is 5.91 Å². The number of rotatable bonds is 4. The molecule has 0 aliphatic heterocycles. The van der Waals surface area contributed by atoms with Crippen molar-refractivity contribution in [1.82, 2.24) is 0 Å². The summed E-state index contributed by atoms with van der Waals surface area (Å²) in [6.07, 6.45) is 1.12. The summed E-state index contributed by atoms with van der Waals surface area (Å²) in [5.74, 6) is -0.0695. The Labute approximate surface area is 109 Å². The number of hydrogen-bond donors (Lipinski definition) is 1. The fourth-order valence-electron chi connectivity index (χ4n) is 1.67. The molecule has 0 radical (unpaired) electrons. The number of hydrogen-bond acceptors (Lipinski definition) is 3. The quantitative estimate of drug-likeness (QED) is 0.858. The van der Waals surface area contributed by atoms with Gasteiger partial charge in [-0.1, -0.05) is 29.8 Å². The average molecular weight is 259 g/mol. The molecule has 0 spiro atoms. The smallest absolute Gasteiger partial charge is 0.229 e. The van der Waals surface area contributed by atoms with E-state index in [1.165, 1.54) is 11.3 Å². The lowest BCUT2D eigenvalue weighted by atomic mass is 10.1. The lowest BCUT2D eigenvalue weighted by Crippen LogP contribution is -2.13. The molecule has 0 unspecified atom stereocenters. The van der Waals surface area contributed by atoms with Crippen LogP contribution in [0.1, 0.15) is 20.8 Å². The molecule has 3 nitrogen and oxygen atoms in total. The summed E-state index contributed by atoms with van der Waals surface area (Å²) in [5, 5.41) is 3.49. The minimum atomic E-state index is -0.0695. The largest absolute Gasteiger partial charge is 0.317 e. The van der Waals surface area contributed by atoms with Crippen molar-refractivity contribution in [2.75, 3.05) is 5.32 Å². The lowest BCUT2D eigenvalue weighted by molar-refractivity contribution is -0.115. The van der Waals surface area contributed by atoms with E-state index in [2.05, 4.69) is 5.32 Å². The minimum Gasteiger partial charge on any atom is -0.317 e. The Hall–Kier alpha value is -1.94. The highest BCUT2D eigenvalue weighted by molar-refractivity contribution is 7.17. The van der Waals surface area contributed by atoms with Crippen LogP contribution in [0.15, 0.2) is 36.4 Å². The Kier molecular flexibility index (Phi) is 3.89. The molecule has 1 aromatic carbocycles.